The standard InChI is InChI=1S/C18H15F3N2O5S2/c1-23(9-11-10-26-12-4-2-3-5-13(12)27-11)30(24,25)17-7-6-15(29-17)14-8-16(22-28-14)18(19,20)21/h2-8,11H,9-10H2,1H3. The number of alkyl halides is 3. The van der Waals surface area contributed by atoms with Gasteiger partial charge in [-0.05, 0) is 24.3 Å². The zero-order valence-corrected chi connectivity index (χ0v) is 17.1. The van der Waals surface area contributed by atoms with E-state index in [1.54, 1.807) is 24.3 Å². The quantitative estimate of drug-likeness (QED) is 0.575. The number of aromatic nitrogens is 1. The molecular weight excluding hydrogens is 445 g/mol. The molecule has 3 aromatic rings. The van der Waals surface area contributed by atoms with Gasteiger partial charge in [0.2, 0.25) is 0 Å². The van der Waals surface area contributed by atoms with E-state index in [2.05, 4.69) is 5.16 Å². The first kappa shape index (κ1) is 20.7. The SMILES string of the molecule is CN(CC1COc2ccccc2O1)S(=O)(=O)c1ccc(-c2cc(C(F)(F)F)no2)s1. The van der Waals surface area contributed by atoms with E-state index in [-0.39, 0.29) is 28.0 Å². The minimum atomic E-state index is -4.64. The van der Waals surface area contributed by atoms with Crippen molar-refractivity contribution in [2.24, 2.45) is 0 Å². The van der Waals surface area contributed by atoms with Gasteiger partial charge in [0, 0.05) is 13.1 Å². The van der Waals surface area contributed by atoms with Gasteiger partial charge in [-0.15, -0.1) is 11.3 Å². The monoisotopic (exact) mass is 460 g/mol. The Balaban J connectivity index is 1.48. The molecule has 160 valence electrons. The Labute approximate surface area is 173 Å². The molecule has 4 rings (SSSR count). The van der Waals surface area contributed by atoms with Gasteiger partial charge < -0.3 is 14.0 Å². The zero-order chi connectivity index (χ0) is 21.5. The Hall–Kier alpha value is -2.57. The van der Waals surface area contributed by atoms with E-state index < -0.39 is 28.0 Å². The topological polar surface area (TPSA) is 81.9 Å². The number of benzene rings is 1. The van der Waals surface area contributed by atoms with Crippen molar-refractivity contribution < 1.29 is 35.6 Å². The summed E-state index contributed by atoms with van der Waals surface area (Å²) in [7, 11) is -2.49. The zero-order valence-electron chi connectivity index (χ0n) is 15.4. The summed E-state index contributed by atoms with van der Waals surface area (Å²) in [4.78, 5) is 0.219. The van der Waals surface area contributed by atoms with E-state index in [1.807, 2.05) is 0 Å². The average Bonchev–Trinajstić information content (AvgIpc) is 3.37. The predicted octanol–water partition coefficient (Wildman–Crippen LogP) is 3.88. The number of fused-ring (bicyclic) bond motifs is 1. The van der Waals surface area contributed by atoms with E-state index >= 15 is 0 Å². The first-order chi connectivity index (χ1) is 14.1. The summed E-state index contributed by atoms with van der Waals surface area (Å²) in [5.74, 6) is 0.966. The highest BCUT2D eigenvalue weighted by Gasteiger charge is 2.35. The predicted molar refractivity (Wildman–Crippen MR) is 101 cm³/mol. The van der Waals surface area contributed by atoms with Crippen LogP contribution in [0.15, 0.2) is 51.2 Å². The maximum atomic E-state index is 12.9. The molecular formula is C18H15F3N2O5S2. The van der Waals surface area contributed by atoms with Gasteiger partial charge in [-0.3, -0.25) is 0 Å². The van der Waals surface area contributed by atoms with Gasteiger partial charge in [0.15, 0.2) is 23.0 Å². The molecule has 1 aliphatic heterocycles. The molecule has 0 bridgehead atoms. The molecule has 1 aliphatic rings. The van der Waals surface area contributed by atoms with Crippen LogP contribution >= 0.6 is 11.3 Å². The fraction of sp³-hybridized carbons (Fsp3) is 0.278. The summed E-state index contributed by atoms with van der Waals surface area (Å²) < 4.78 is 81.0. The molecule has 0 radical (unpaired) electrons. The second-order valence-corrected chi connectivity index (χ2v) is 9.83. The number of likely N-dealkylation sites (N-methyl/N-ethyl adjacent to an activating group) is 1. The number of thiophene rings is 1. The smallest absolute Gasteiger partial charge is 0.436 e. The largest absolute Gasteiger partial charge is 0.486 e. The van der Waals surface area contributed by atoms with Crippen LogP contribution in [-0.2, 0) is 16.2 Å². The molecule has 0 N–H and O–H groups in total. The number of hydrogen-bond acceptors (Lipinski definition) is 7. The second-order valence-electron chi connectivity index (χ2n) is 6.48. The molecule has 1 aromatic carbocycles. The molecule has 0 saturated heterocycles. The maximum absolute atomic E-state index is 12.9. The van der Waals surface area contributed by atoms with E-state index in [1.165, 1.54) is 19.2 Å². The van der Waals surface area contributed by atoms with Gasteiger partial charge in [-0.2, -0.15) is 17.5 Å². The number of para-hydroxylation sites is 2. The number of rotatable bonds is 5. The second kappa shape index (κ2) is 7.60. The van der Waals surface area contributed by atoms with Crippen LogP contribution < -0.4 is 9.47 Å². The lowest BCUT2D eigenvalue weighted by molar-refractivity contribution is -0.142. The Morgan fingerprint density at radius 1 is 1.20 bits per heavy atom. The van der Waals surface area contributed by atoms with Crippen molar-refractivity contribution in [2.75, 3.05) is 20.2 Å². The minimum Gasteiger partial charge on any atom is -0.486 e. The summed E-state index contributed by atoms with van der Waals surface area (Å²) in [6.45, 7) is 0.218. The molecule has 0 fully saturated rings. The fourth-order valence-electron chi connectivity index (χ4n) is 2.81. The molecule has 0 spiro atoms. The molecule has 7 nitrogen and oxygen atoms in total. The molecule has 2 aromatic heterocycles. The molecule has 1 unspecified atom stereocenters. The highest BCUT2D eigenvalue weighted by Crippen LogP contribution is 2.36. The lowest BCUT2D eigenvalue weighted by Crippen LogP contribution is -2.41. The van der Waals surface area contributed by atoms with Crippen molar-refractivity contribution in [1.82, 2.24) is 9.46 Å². The highest BCUT2D eigenvalue weighted by molar-refractivity contribution is 7.91. The average molecular weight is 460 g/mol. The first-order valence-corrected chi connectivity index (χ1v) is 10.9. The molecule has 12 heteroatoms. The van der Waals surface area contributed by atoms with Crippen LogP contribution in [0, 0.1) is 0 Å². The van der Waals surface area contributed by atoms with Gasteiger partial charge in [0.1, 0.15) is 16.9 Å². The van der Waals surface area contributed by atoms with Gasteiger partial charge >= 0.3 is 6.18 Å². The third-order valence-electron chi connectivity index (χ3n) is 4.32. The number of ether oxygens (including phenoxy) is 2. The number of sulfonamides is 1. The van der Waals surface area contributed by atoms with Crippen LogP contribution in [0.4, 0.5) is 13.2 Å². The van der Waals surface area contributed by atoms with E-state index in [4.69, 9.17) is 14.0 Å². The van der Waals surface area contributed by atoms with Crippen LogP contribution in [0.2, 0.25) is 0 Å². The Bertz CT molecular complexity index is 1160. The lowest BCUT2D eigenvalue weighted by Gasteiger charge is -2.29. The summed E-state index contributed by atoms with van der Waals surface area (Å²) in [5.41, 5.74) is -1.18. The normalized spacial score (nSPS) is 16.8. The van der Waals surface area contributed by atoms with Crippen LogP contribution in [0.3, 0.4) is 0 Å². The summed E-state index contributed by atoms with van der Waals surface area (Å²) in [6.07, 6.45) is -5.16. The van der Waals surface area contributed by atoms with Gasteiger partial charge in [0.05, 0.1) is 11.4 Å². The van der Waals surface area contributed by atoms with Crippen molar-refractivity contribution in [3.05, 3.63) is 48.2 Å². The van der Waals surface area contributed by atoms with Crippen molar-refractivity contribution in [3.63, 3.8) is 0 Å². The third-order valence-corrected chi connectivity index (χ3v) is 7.71. The number of halogens is 3. The van der Waals surface area contributed by atoms with Gasteiger partial charge in [-0.1, -0.05) is 17.3 Å². The Morgan fingerprint density at radius 2 is 1.93 bits per heavy atom. The molecule has 0 aliphatic carbocycles. The highest BCUT2D eigenvalue weighted by atomic mass is 32.2. The van der Waals surface area contributed by atoms with Crippen LogP contribution in [0.25, 0.3) is 10.6 Å². The fourth-order valence-corrected chi connectivity index (χ4v) is 5.48. The van der Waals surface area contributed by atoms with E-state index in [0.717, 1.165) is 21.7 Å². The van der Waals surface area contributed by atoms with Gasteiger partial charge in [-0.25, -0.2) is 8.42 Å². The number of nitrogens with zero attached hydrogens (tertiary/aromatic N) is 2. The molecule has 0 saturated carbocycles. The van der Waals surface area contributed by atoms with Crippen molar-refractivity contribution >= 4 is 21.4 Å². The summed E-state index contributed by atoms with van der Waals surface area (Å²) in [5, 5.41) is 2.98. The first-order valence-electron chi connectivity index (χ1n) is 8.63. The summed E-state index contributed by atoms with van der Waals surface area (Å²) in [6, 6.07) is 10.5. The van der Waals surface area contributed by atoms with Crippen molar-refractivity contribution in [1.29, 1.82) is 0 Å². The van der Waals surface area contributed by atoms with Crippen LogP contribution in [-0.4, -0.2) is 44.2 Å². The molecule has 3 heterocycles. The van der Waals surface area contributed by atoms with Crippen LogP contribution in [0.5, 0.6) is 11.5 Å². The molecule has 0 amide bonds. The van der Waals surface area contributed by atoms with Crippen molar-refractivity contribution in [2.45, 2.75) is 16.5 Å². The van der Waals surface area contributed by atoms with Crippen LogP contribution in [0.1, 0.15) is 5.69 Å². The Kier molecular flexibility index (Phi) is 5.24. The van der Waals surface area contributed by atoms with E-state index in [0.29, 0.717) is 11.5 Å². The minimum absolute atomic E-state index is 0.0322. The maximum Gasteiger partial charge on any atom is 0.436 e. The summed E-state index contributed by atoms with van der Waals surface area (Å²) >= 11 is 0.793. The Morgan fingerprint density at radius 3 is 2.63 bits per heavy atom. The molecule has 30 heavy (non-hydrogen) atoms. The molecule has 1 atom stereocenters. The van der Waals surface area contributed by atoms with Crippen molar-refractivity contribution in [3.8, 4) is 22.1 Å². The number of hydrogen-bond donors (Lipinski definition) is 0. The van der Waals surface area contributed by atoms with E-state index in [9.17, 15) is 21.6 Å². The third kappa shape index (κ3) is 4.02. The lowest BCUT2D eigenvalue weighted by atomic mass is 10.2. The van der Waals surface area contributed by atoms with Gasteiger partial charge in [0.25, 0.3) is 10.0 Å².